The van der Waals surface area contributed by atoms with E-state index in [0.717, 1.165) is 35.2 Å². The predicted molar refractivity (Wildman–Crippen MR) is 130 cm³/mol. The molecule has 2 N–H and O–H groups in total. The number of rotatable bonds is 8. The van der Waals surface area contributed by atoms with Gasteiger partial charge in [-0.3, -0.25) is 9.69 Å². The average Bonchev–Trinajstić information content (AvgIpc) is 2.80. The van der Waals surface area contributed by atoms with Gasteiger partial charge in [0.2, 0.25) is 0 Å². The fourth-order valence-corrected chi connectivity index (χ4v) is 3.74. The van der Waals surface area contributed by atoms with Gasteiger partial charge in [0.15, 0.2) is 0 Å². The first-order valence-electron chi connectivity index (χ1n) is 11.6. The Kier molecular flexibility index (Phi) is 8.63. The largest absolute Gasteiger partial charge is 0.468 e. The van der Waals surface area contributed by atoms with Crippen molar-refractivity contribution in [3.05, 3.63) is 58.8 Å². The summed E-state index contributed by atoms with van der Waals surface area (Å²) in [7, 11) is 1.33. The lowest BCUT2D eigenvalue weighted by molar-refractivity contribution is -0.142. The highest BCUT2D eigenvalue weighted by Crippen LogP contribution is 2.27. The Balaban J connectivity index is 1.51. The number of carbonyl (C=O) groups excluding carboxylic acids is 2. The van der Waals surface area contributed by atoms with E-state index in [9.17, 15) is 9.59 Å². The fourth-order valence-electron chi connectivity index (χ4n) is 3.74. The number of fused-ring (bicyclic) bond motifs is 1. The first-order valence-corrected chi connectivity index (χ1v) is 11.6. The number of benzene rings is 1. The molecule has 1 amide bonds. The van der Waals surface area contributed by atoms with Crippen molar-refractivity contribution in [1.29, 1.82) is 0 Å². The number of anilines is 1. The van der Waals surface area contributed by atoms with Crippen molar-refractivity contribution in [2.75, 3.05) is 25.2 Å². The van der Waals surface area contributed by atoms with E-state index in [-0.39, 0.29) is 6.09 Å². The van der Waals surface area contributed by atoms with Gasteiger partial charge in [0.25, 0.3) is 0 Å². The van der Waals surface area contributed by atoms with Gasteiger partial charge < -0.3 is 19.9 Å². The Morgan fingerprint density at radius 2 is 1.82 bits per heavy atom. The number of carbonyl (C=O) groups is 2. The van der Waals surface area contributed by atoms with Crippen molar-refractivity contribution in [2.45, 2.75) is 64.7 Å². The van der Waals surface area contributed by atoms with E-state index in [1.54, 1.807) is 4.90 Å². The van der Waals surface area contributed by atoms with Crippen LogP contribution in [0.3, 0.4) is 0 Å². The Hall–Kier alpha value is -2.97. The fraction of sp³-hybridized carbons (Fsp3) is 0.500. The van der Waals surface area contributed by atoms with E-state index in [1.807, 2.05) is 57.2 Å². The van der Waals surface area contributed by atoms with Gasteiger partial charge in [-0.2, -0.15) is 0 Å². The van der Waals surface area contributed by atoms with E-state index in [1.165, 1.54) is 7.11 Å². The molecular weight excluding hydrogens is 434 g/mol. The van der Waals surface area contributed by atoms with Crippen LogP contribution in [0, 0.1) is 0 Å². The van der Waals surface area contributed by atoms with Gasteiger partial charge in [0.1, 0.15) is 17.5 Å². The molecule has 1 aromatic heterocycles. The van der Waals surface area contributed by atoms with Crippen molar-refractivity contribution in [2.24, 2.45) is 5.73 Å². The van der Waals surface area contributed by atoms with Gasteiger partial charge in [-0.25, -0.2) is 9.78 Å². The second kappa shape index (κ2) is 11.4. The third-order valence-corrected chi connectivity index (χ3v) is 5.46. The van der Waals surface area contributed by atoms with Gasteiger partial charge in [0.05, 0.1) is 20.3 Å². The van der Waals surface area contributed by atoms with E-state index >= 15 is 0 Å². The SMILES string of the molecule is COC(=O)[C@@H](N)Cc1ccc(COCCc2ccc3c(n2)N(C(=O)OC(C)(C)C)CCC3)cc1. The molecule has 1 aliphatic heterocycles. The van der Waals surface area contributed by atoms with Crippen LogP contribution in [0.25, 0.3) is 0 Å². The molecule has 34 heavy (non-hydrogen) atoms. The summed E-state index contributed by atoms with van der Waals surface area (Å²) in [6, 6.07) is 11.2. The lowest BCUT2D eigenvalue weighted by atomic mass is 10.0. The second-order valence-electron chi connectivity index (χ2n) is 9.47. The molecule has 0 saturated heterocycles. The zero-order valence-electron chi connectivity index (χ0n) is 20.5. The molecule has 0 aliphatic carbocycles. The van der Waals surface area contributed by atoms with E-state index in [0.29, 0.717) is 38.4 Å². The maximum absolute atomic E-state index is 12.6. The molecule has 3 rings (SSSR count). The average molecular weight is 470 g/mol. The molecule has 8 heteroatoms. The summed E-state index contributed by atoms with van der Waals surface area (Å²) >= 11 is 0. The van der Waals surface area contributed by atoms with E-state index in [4.69, 9.17) is 20.2 Å². The number of amides is 1. The summed E-state index contributed by atoms with van der Waals surface area (Å²) in [5.74, 6) is 0.274. The minimum Gasteiger partial charge on any atom is -0.468 e. The first kappa shape index (κ1) is 25.6. The lowest BCUT2D eigenvalue weighted by Gasteiger charge is -2.31. The minimum atomic E-state index is -0.664. The third-order valence-electron chi connectivity index (χ3n) is 5.46. The highest BCUT2D eigenvalue weighted by atomic mass is 16.6. The topological polar surface area (TPSA) is 104 Å². The van der Waals surface area contributed by atoms with Crippen molar-refractivity contribution in [1.82, 2.24) is 4.98 Å². The number of aromatic nitrogens is 1. The van der Waals surface area contributed by atoms with Crippen LogP contribution in [0.2, 0.25) is 0 Å². The highest BCUT2D eigenvalue weighted by Gasteiger charge is 2.28. The number of aryl methyl sites for hydroxylation is 1. The van der Waals surface area contributed by atoms with Crippen molar-refractivity contribution < 1.29 is 23.8 Å². The number of ether oxygens (including phenoxy) is 3. The van der Waals surface area contributed by atoms with Crippen LogP contribution in [-0.4, -0.2) is 49.0 Å². The van der Waals surface area contributed by atoms with Crippen molar-refractivity contribution in [3.8, 4) is 0 Å². The summed E-state index contributed by atoms with van der Waals surface area (Å²) in [5, 5.41) is 0. The summed E-state index contributed by atoms with van der Waals surface area (Å²) in [4.78, 5) is 30.5. The monoisotopic (exact) mass is 469 g/mol. The summed E-state index contributed by atoms with van der Waals surface area (Å²) in [6.07, 6.45) is 2.51. The van der Waals surface area contributed by atoms with Crippen molar-refractivity contribution in [3.63, 3.8) is 0 Å². The number of esters is 1. The predicted octanol–water partition coefficient (Wildman–Crippen LogP) is 3.57. The molecule has 0 fully saturated rings. The van der Waals surface area contributed by atoms with Gasteiger partial charge in [0, 0.05) is 18.7 Å². The molecule has 0 spiro atoms. The summed E-state index contributed by atoms with van der Waals surface area (Å²) in [6.45, 7) is 7.17. The van der Waals surface area contributed by atoms with Gasteiger partial charge >= 0.3 is 12.1 Å². The zero-order valence-corrected chi connectivity index (χ0v) is 20.5. The molecule has 184 valence electrons. The number of hydrogen-bond acceptors (Lipinski definition) is 7. The van der Waals surface area contributed by atoms with Crippen LogP contribution >= 0.6 is 0 Å². The number of pyridine rings is 1. The minimum absolute atomic E-state index is 0.356. The third kappa shape index (κ3) is 7.27. The Labute approximate surface area is 201 Å². The van der Waals surface area contributed by atoms with Crippen LogP contribution in [-0.2, 0) is 44.9 Å². The first-order chi connectivity index (χ1) is 16.2. The molecule has 0 saturated carbocycles. The summed E-state index contributed by atoms with van der Waals surface area (Å²) < 4.78 is 16.1. The van der Waals surface area contributed by atoms with Crippen LogP contribution in [0.1, 0.15) is 49.6 Å². The van der Waals surface area contributed by atoms with Gasteiger partial charge in [-0.05, 0) is 62.8 Å². The molecule has 1 aliphatic rings. The van der Waals surface area contributed by atoms with E-state index in [2.05, 4.69) is 4.74 Å². The molecule has 1 aromatic carbocycles. The smallest absolute Gasteiger partial charge is 0.416 e. The molecule has 2 heterocycles. The van der Waals surface area contributed by atoms with Gasteiger partial charge in [-0.1, -0.05) is 30.3 Å². The lowest BCUT2D eigenvalue weighted by Crippen LogP contribution is -2.40. The normalized spacial score (nSPS) is 14.3. The van der Waals surface area contributed by atoms with Crippen LogP contribution in [0.5, 0.6) is 0 Å². The molecule has 0 bridgehead atoms. The molecule has 0 unspecified atom stereocenters. The van der Waals surface area contributed by atoms with Crippen LogP contribution < -0.4 is 10.6 Å². The Morgan fingerprint density at radius 1 is 1.12 bits per heavy atom. The molecule has 2 aromatic rings. The quantitative estimate of drug-likeness (QED) is 0.465. The van der Waals surface area contributed by atoms with Crippen LogP contribution in [0.4, 0.5) is 10.6 Å². The highest BCUT2D eigenvalue weighted by molar-refractivity contribution is 5.88. The van der Waals surface area contributed by atoms with E-state index < -0.39 is 17.6 Å². The number of hydrogen-bond donors (Lipinski definition) is 1. The van der Waals surface area contributed by atoms with Gasteiger partial charge in [-0.15, -0.1) is 0 Å². The molecule has 1 atom stereocenters. The maximum atomic E-state index is 12.6. The zero-order chi connectivity index (χ0) is 24.7. The van der Waals surface area contributed by atoms with Crippen molar-refractivity contribution >= 4 is 17.9 Å². The van der Waals surface area contributed by atoms with Crippen LogP contribution in [0.15, 0.2) is 36.4 Å². The molecule has 0 radical (unpaired) electrons. The molecular formula is C26H35N3O5. The molecule has 8 nitrogen and oxygen atoms in total. The summed E-state index contributed by atoms with van der Waals surface area (Å²) in [5.41, 5.74) is 9.20. The number of nitrogens with zero attached hydrogens (tertiary/aromatic N) is 2. The Bertz CT molecular complexity index is 985. The number of methoxy groups -OCH3 is 1. The standard InChI is InChI=1S/C26H35N3O5/c1-26(2,3)34-25(31)29-14-5-6-20-11-12-21(28-23(20)29)13-15-33-17-19-9-7-18(8-10-19)16-22(27)24(30)32-4/h7-12,22H,5-6,13-17,27H2,1-4H3/t22-/m0/s1. The Morgan fingerprint density at radius 3 is 2.50 bits per heavy atom. The second-order valence-corrected chi connectivity index (χ2v) is 9.47. The number of nitrogens with two attached hydrogens (primary N) is 1. The maximum Gasteiger partial charge on any atom is 0.416 e.